The summed E-state index contributed by atoms with van der Waals surface area (Å²) >= 11 is 5.69. The average Bonchev–Trinajstić information content (AvgIpc) is 2.50. The Morgan fingerprint density at radius 3 is 2.24 bits per heavy atom. The minimum atomic E-state index is -0.212. The van der Waals surface area contributed by atoms with Gasteiger partial charge in [-0.2, -0.15) is 0 Å². The normalized spacial score (nSPS) is 12.6. The molecule has 0 amide bonds. The van der Waals surface area contributed by atoms with Gasteiger partial charge in [0.05, 0.1) is 5.56 Å². The van der Waals surface area contributed by atoms with Crippen LogP contribution in [0.25, 0.3) is 0 Å². The van der Waals surface area contributed by atoms with Crippen molar-refractivity contribution in [3.8, 4) is 5.75 Å². The Morgan fingerprint density at radius 1 is 0.952 bits per heavy atom. The molecule has 1 aliphatic rings. The molecule has 0 heterocycles. The molecule has 0 aliphatic heterocycles. The van der Waals surface area contributed by atoms with Crippen LogP contribution in [0.3, 0.4) is 0 Å². The van der Waals surface area contributed by atoms with E-state index in [1.807, 2.05) is 0 Å². The summed E-state index contributed by atoms with van der Waals surface area (Å²) in [5, 5.41) is 0.322. The van der Waals surface area contributed by atoms with Gasteiger partial charge in [-0.15, -0.1) is 0 Å². The predicted octanol–water partition coefficient (Wildman–Crippen LogP) is 3.59. The molecule has 0 N–H and O–H groups in total. The minimum absolute atomic E-state index is 0.0845. The van der Waals surface area contributed by atoms with Crippen molar-refractivity contribution in [2.75, 3.05) is 6.61 Å². The second-order valence-electron chi connectivity index (χ2n) is 4.69. The Hall–Kier alpha value is -2.39. The molecule has 2 aromatic rings. The van der Waals surface area contributed by atoms with E-state index >= 15 is 0 Å². The van der Waals surface area contributed by atoms with Gasteiger partial charge in [-0.25, -0.2) is 0 Å². The van der Waals surface area contributed by atoms with Crippen LogP contribution in [-0.2, 0) is 0 Å². The van der Waals surface area contributed by atoms with Gasteiger partial charge in [-0.05, 0) is 6.07 Å². The number of ketones is 2. The number of benzene rings is 2. The van der Waals surface area contributed by atoms with E-state index in [9.17, 15) is 9.59 Å². The molecule has 0 saturated carbocycles. The lowest BCUT2D eigenvalue weighted by atomic mass is 9.83. The number of hydrogen-bond donors (Lipinski definition) is 0. The van der Waals surface area contributed by atoms with Crippen molar-refractivity contribution in [3.63, 3.8) is 0 Å². The van der Waals surface area contributed by atoms with E-state index in [2.05, 4.69) is 6.58 Å². The molecule has 4 heteroatoms. The van der Waals surface area contributed by atoms with Crippen LogP contribution >= 0.6 is 11.6 Å². The fourth-order valence-electron chi connectivity index (χ4n) is 2.39. The molecule has 0 fully saturated rings. The summed E-state index contributed by atoms with van der Waals surface area (Å²) in [6, 6.07) is 11.8. The molecule has 2 aromatic carbocycles. The molecule has 0 spiro atoms. The van der Waals surface area contributed by atoms with E-state index in [1.54, 1.807) is 42.5 Å². The highest BCUT2D eigenvalue weighted by molar-refractivity contribution is 6.30. The number of carbonyl (C=O) groups excluding carboxylic acids is 2. The minimum Gasteiger partial charge on any atom is -0.487 e. The first kappa shape index (κ1) is 13.6. The summed E-state index contributed by atoms with van der Waals surface area (Å²) in [6.07, 6.45) is 0. The molecular weight excluding hydrogens is 288 g/mol. The lowest BCUT2D eigenvalue weighted by Gasteiger charge is -2.19. The molecule has 3 rings (SSSR count). The summed E-state index contributed by atoms with van der Waals surface area (Å²) in [7, 11) is 0. The van der Waals surface area contributed by atoms with Crippen LogP contribution in [0.15, 0.2) is 54.1 Å². The third kappa shape index (κ3) is 2.26. The highest BCUT2D eigenvalue weighted by Gasteiger charge is 2.31. The Balaban J connectivity index is 2.14. The van der Waals surface area contributed by atoms with Gasteiger partial charge >= 0.3 is 0 Å². The summed E-state index contributed by atoms with van der Waals surface area (Å²) in [5.41, 5.74) is 1.47. The van der Waals surface area contributed by atoms with Crippen LogP contribution < -0.4 is 4.74 Å². The van der Waals surface area contributed by atoms with Gasteiger partial charge in [0.1, 0.15) is 12.4 Å². The van der Waals surface area contributed by atoms with Gasteiger partial charge in [0.25, 0.3) is 0 Å². The lowest BCUT2D eigenvalue weighted by molar-refractivity contribution is 0.0976. The molecule has 104 valence electrons. The van der Waals surface area contributed by atoms with Gasteiger partial charge in [0.15, 0.2) is 11.6 Å². The van der Waals surface area contributed by atoms with Gasteiger partial charge in [-0.3, -0.25) is 9.59 Å². The zero-order chi connectivity index (χ0) is 15.0. The maximum Gasteiger partial charge on any atom is 0.198 e. The molecule has 0 bridgehead atoms. The van der Waals surface area contributed by atoms with Crippen molar-refractivity contribution in [2.45, 2.75) is 0 Å². The smallest absolute Gasteiger partial charge is 0.198 e. The van der Waals surface area contributed by atoms with Crippen molar-refractivity contribution >= 4 is 23.2 Å². The van der Waals surface area contributed by atoms with Crippen LogP contribution in [-0.4, -0.2) is 18.2 Å². The zero-order valence-corrected chi connectivity index (χ0v) is 11.8. The molecule has 0 atom stereocenters. The van der Waals surface area contributed by atoms with Gasteiger partial charge in [-0.1, -0.05) is 54.6 Å². The highest BCUT2D eigenvalue weighted by Crippen LogP contribution is 2.33. The Kier molecular flexibility index (Phi) is 3.35. The molecule has 0 saturated heterocycles. The summed E-state index contributed by atoms with van der Waals surface area (Å²) in [6.45, 7) is 3.63. The molecule has 0 radical (unpaired) electrons. The number of fused-ring (bicyclic) bond motifs is 2. The Morgan fingerprint density at radius 2 is 1.57 bits per heavy atom. The topological polar surface area (TPSA) is 43.4 Å². The van der Waals surface area contributed by atoms with Gasteiger partial charge in [0, 0.05) is 21.7 Å². The fourth-order valence-corrected chi connectivity index (χ4v) is 2.44. The summed E-state index contributed by atoms with van der Waals surface area (Å²) < 4.78 is 5.50. The monoisotopic (exact) mass is 298 g/mol. The fraction of sp³-hybridized carbons (Fsp3) is 0.0588. The van der Waals surface area contributed by atoms with E-state index in [0.717, 1.165) is 0 Å². The summed E-state index contributed by atoms with van der Waals surface area (Å²) in [4.78, 5) is 25.1. The second-order valence-corrected chi connectivity index (χ2v) is 5.22. The standard InChI is InChI=1S/C17H11ClO3/c1-10(18)9-21-14-8-4-7-13-15(14)17(20)12-6-3-2-5-11(12)16(13)19/h2-8H,1,9H2. The lowest BCUT2D eigenvalue weighted by Crippen LogP contribution is -2.21. The Labute approximate surface area is 126 Å². The van der Waals surface area contributed by atoms with Crippen molar-refractivity contribution in [1.82, 2.24) is 0 Å². The Bertz CT molecular complexity index is 777. The molecule has 3 nitrogen and oxygen atoms in total. The molecular formula is C17H11ClO3. The van der Waals surface area contributed by atoms with Crippen LogP contribution in [0.2, 0.25) is 0 Å². The average molecular weight is 299 g/mol. The molecule has 0 unspecified atom stereocenters. The predicted molar refractivity (Wildman–Crippen MR) is 80.2 cm³/mol. The van der Waals surface area contributed by atoms with E-state index in [-0.39, 0.29) is 18.2 Å². The number of hydrogen-bond acceptors (Lipinski definition) is 3. The number of halogens is 1. The number of ether oxygens (including phenoxy) is 1. The third-order valence-corrected chi connectivity index (χ3v) is 3.41. The largest absolute Gasteiger partial charge is 0.487 e. The van der Waals surface area contributed by atoms with Crippen LogP contribution in [0, 0.1) is 0 Å². The van der Waals surface area contributed by atoms with Gasteiger partial charge < -0.3 is 4.74 Å². The van der Waals surface area contributed by atoms with Crippen molar-refractivity contribution in [3.05, 3.63) is 76.3 Å². The van der Waals surface area contributed by atoms with Crippen LogP contribution in [0.1, 0.15) is 31.8 Å². The van der Waals surface area contributed by atoms with Crippen molar-refractivity contribution in [1.29, 1.82) is 0 Å². The van der Waals surface area contributed by atoms with E-state index in [4.69, 9.17) is 16.3 Å². The highest BCUT2D eigenvalue weighted by atomic mass is 35.5. The van der Waals surface area contributed by atoms with E-state index in [1.165, 1.54) is 0 Å². The SMILES string of the molecule is C=C(Cl)COc1cccc2c1C(=O)c1ccccc1C2=O. The first-order valence-electron chi connectivity index (χ1n) is 6.37. The van der Waals surface area contributed by atoms with Gasteiger partial charge in [0.2, 0.25) is 0 Å². The maximum absolute atomic E-state index is 12.6. The van der Waals surface area contributed by atoms with E-state index < -0.39 is 0 Å². The first-order chi connectivity index (χ1) is 10.1. The van der Waals surface area contributed by atoms with Crippen LogP contribution in [0.5, 0.6) is 5.75 Å². The number of rotatable bonds is 3. The van der Waals surface area contributed by atoms with Crippen molar-refractivity contribution in [2.24, 2.45) is 0 Å². The maximum atomic E-state index is 12.6. The molecule has 21 heavy (non-hydrogen) atoms. The number of carbonyl (C=O) groups is 2. The molecule has 1 aliphatic carbocycles. The second kappa shape index (κ2) is 5.19. The first-order valence-corrected chi connectivity index (χ1v) is 6.75. The third-order valence-electron chi connectivity index (χ3n) is 3.30. The van der Waals surface area contributed by atoms with E-state index in [0.29, 0.717) is 33.0 Å². The van der Waals surface area contributed by atoms with Crippen LogP contribution in [0.4, 0.5) is 0 Å². The quantitative estimate of drug-likeness (QED) is 0.742. The van der Waals surface area contributed by atoms with Crippen molar-refractivity contribution < 1.29 is 14.3 Å². The summed E-state index contributed by atoms with van der Waals surface area (Å²) in [5.74, 6) is -0.0338. The molecule has 0 aromatic heterocycles. The zero-order valence-electron chi connectivity index (χ0n) is 11.1.